The Kier molecular flexibility index (Phi) is 7.89. The molecule has 0 saturated carbocycles. The van der Waals surface area contributed by atoms with E-state index in [4.69, 9.17) is 16.3 Å². The van der Waals surface area contributed by atoms with Crippen LogP contribution in [0.15, 0.2) is 53.6 Å². The highest BCUT2D eigenvalue weighted by Crippen LogP contribution is 2.25. The molecule has 32 heavy (non-hydrogen) atoms. The van der Waals surface area contributed by atoms with Gasteiger partial charge in [-0.25, -0.2) is 13.1 Å². The van der Waals surface area contributed by atoms with Gasteiger partial charge in [-0.3, -0.25) is 9.78 Å². The Morgan fingerprint density at radius 3 is 2.69 bits per heavy atom. The molecule has 0 spiro atoms. The number of rotatable bonds is 10. The van der Waals surface area contributed by atoms with E-state index in [0.29, 0.717) is 24.5 Å². The van der Waals surface area contributed by atoms with E-state index >= 15 is 0 Å². The summed E-state index contributed by atoms with van der Waals surface area (Å²) < 4.78 is 32.3. The predicted octanol–water partition coefficient (Wildman–Crippen LogP) is 3.43. The smallest absolute Gasteiger partial charge is 0.251 e. The first-order valence-corrected chi connectivity index (χ1v) is 12.0. The van der Waals surface area contributed by atoms with Crippen LogP contribution in [0.25, 0.3) is 10.9 Å². The summed E-state index contributed by atoms with van der Waals surface area (Å²) in [6.07, 6.45) is 2.38. The van der Waals surface area contributed by atoms with Crippen molar-refractivity contribution in [2.45, 2.75) is 18.2 Å². The molecule has 0 aliphatic rings. The number of ether oxygens (including phenoxy) is 1. The summed E-state index contributed by atoms with van der Waals surface area (Å²) in [5.41, 5.74) is 1.98. The van der Waals surface area contributed by atoms with Crippen LogP contribution in [0.5, 0.6) is 5.75 Å². The third-order valence-corrected chi connectivity index (χ3v) is 6.51. The van der Waals surface area contributed by atoms with Crippen LogP contribution in [-0.4, -0.2) is 46.1 Å². The number of halogens is 1. The minimum absolute atomic E-state index is 0.0687. The topological polar surface area (TPSA) is 109 Å². The number of sulfonamides is 1. The monoisotopic (exact) mass is 476 g/mol. The molecule has 0 unspecified atom stereocenters. The van der Waals surface area contributed by atoms with Crippen LogP contribution in [0.2, 0.25) is 5.02 Å². The fourth-order valence-electron chi connectivity index (χ4n) is 3.19. The fourth-order valence-corrected chi connectivity index (χ4v) is 4.59. The van der Waals surface area contributed by atoms with Gasteiger partial charge in [-0.05, 0) is 48.9 Å². The molecule has 1 amide bonds. The number of hydrogen-bond acceptors (Lipinski definition) is 6. The van der Waals surface area contributed by atoms with Crippen molar-refractivity contribution in [2.75, 3.05) is 32.1 Å². The largest absolute Gasteiger partial charge is 0.495 e. The van der Waals surface area contributed by atoms with Crippen LogP contribution in [0.4, 0.5) is 5.69 Å². The van der Waals surface area contributed by atoms with Gasteiger partial charge in [0.05, 0.1) is 12.6 Å². The summed E-state index contributed by atoms with van der Waals surface area (Å²) in [7, 11) is -2.39. The van der Waals surface area contributed by atoms with E-state index in [2.05, 4.69) is 20.3 Å². The van der Waals surface area contributed by atoms with Gasteiger partial charge in [-0.15, -0.1) is 0 Å². The summed E-state index contributed by atoms with van der Waals surface area (Å²) in [6, 6.07) is 11.7. The summed E-state index contributed by atoms with van der Waals surface area (Å²) >= 11 is 6.02. The van der Waals surface area contributed by atoms with E-state index in [1.165, 1.54) is 25.3 Å². The average molecular weight is 477 g/mol. The highest BCUT2D eigenvalue weighted by atomic mass is 35.5. The fraction of sp³-hybridized carbons (Fsp3) is 0.273. The van der Waals surface area contributed by atoms with Crippen LogP contribution in [0.1, 0.15) is 23.7 Å². The molecule has 0 radical (unpaired) electrons. The second-order valence-corrected chi connectivity index (χ2v) is 9.09. The van der Waals surface area contributed by atoms with E-state index < -0.39 is 10.0 Å². The number of carbonyl (C=O) groups is 1. The normalized spacial score (nSPS) is 11.3. The first-order chi connectivity index (χ1) is 15.4. The van der Waals surface area contributed by atoms with E-state index in [1.807, 2.05) is 24.3 Å². The number of aromatic nitrogens is 1. The van der Waals surface area contributed by atoms with Gasteiger partial charge in [-0.1, -0.05) is 18.5 Å². The number of fused-ring (bicyclic) bond motifs is 1. The van der Waals surface area contributed by atoms with Gasteiger partial charge in [0.1, 0.15) is 10.6 Å². The number of carbonyl (C=O) groups excluding carboxylic acids is 1. The Morgan fingerprint density at radius 2 is 1.94 bits per heavy atom. The Hall–Kier alpha value is -2.88. The maximum Gasteiger partial charge on any atom is 0.251 e. The Bertz CT molecular complexity index is 1220. The highest BCUT2D eigenvalue weighted by Gasteiger charge is 2.20. The van der Waals surface area contributed by atoms with Gasteiger partial charge in [0, 0.05) is 47.5 Å². The van der Waals surface area contributed by atoms with Crippen molar-refractivity contribution in [3.8, 4) is 5.75 Å². The van der Waals surface area contributed by atoms with Gasteiger partial charge in [0.2, 0.25) is 10.0 Å². The summed E-state index contributed by atoms with van der Waals surface area (Å²) in [6.45, 7) is 2.96. The zero-order valence-corrected chi connectivity index (χ0v) is 19.4. The first-order valence-electron chi connectivity index (χ1n) is 10.1. The quantitative estimate of drug-likeness (QED) is 0.387. The lowest BCUT2D eigenvalue weighted by atomic mass is 10.2. The summed E-state index contributed by atoms with van der Waals surface area (Å²) in [4.78, 5) is 16.8. The third kappa shape index (κ3) is 5.67. The molecule has 1 aromatic heterocycles. The van der Waals surface area contributed by atoms with Crippen molar-refractivity contribution in [3.05, 3.63) is 59.2 Å². The molecule has 10 heteroatoms. The summed E-state index contributed by atoms with van der Waals surface area (Å²) in [5, 5.41) is 7.75. The molecule has 0 aliphatic carbocycles. The second-order valence-electron chi connectivity index (χ2n) is 6.92. The van der Waals surface area contributed by atoms with E-state index in [0.717, 1.165) is 16.6 Å². The molecule has 0 bridgehead atoms. The van der Waals surface area contributed by atoms with Crippen molar-refractivity contribution in [1.29, 1.82) is 0 Å². The zero-order valence-electron chi connectivity index (χ0n) is 17.8. The molecule has 0 aliphatic heterocycles. The van der Waals surface area contributed by atoms with Crippen molar-refractivity contribution in [3.63, 3.8) is 0 Å². The molecule has 3 N–H and O–H groups in total. The SMILES string of the molecule is CCNS(=O)(=O)c1cc(C(=O)NCCCNc2ccnc3cc(Cl)ccc23)ccc1OC. The molecule has 0 saturated heterocycles. The first kappa shape index (κ1) is 23.8. The summed E-state index contributed by atoms with van der Waals surface area (Å²) in [5.74, 6) is -0.179. The number of amides is 1. The van der Waals surface area contributed by atoms with E-state index in [-0.39, 0.29) is 28.7 Å². The van der Waals surface area contributed by atoms with Crippen LogP contribution in [0, 0.1) is 0 Å². The van der Waals surface area contributed by atoms with Crippen LogP contribution >= 0.6 is 11.6 Å². The maximum atomic E-state index is 12.5. The van der Waals surface area contributed by atoms with Gasteiger partial charge >= 0.3 is 0 Å². The van der Waals surface area contributed by atoms with Crippen molar-refractivity contribution >= 4 is 44.1 Å². The van der Waals surface area contributed by atoms with Gasteiger partial charge in [0.25, 0.3) is 5.91 Å². The molecule has 3 aromatic rings. The molecule has 2 aromatic carbocycles. The predicted molar refractivity (Wildman–Crippen MR) is 126 cm³/mol. The van der Waals surface area contributed by atoms with E-state index in [1.54, 1.807) is 13.1 Å². The lowest BCUT2D eigenvalue weighted by Crippen LogP contribution is -2.27. The molecule has 8 nitrogen and oxygen atoms in total. The van der Waals surface area contributed by atoms with Crippen LogP contribution in [-0.2, 0) is 10.0 Å². The standard InChI is InChI=1S/C22H25ClN4O4S/c1-3-27-32(29,30)21-13-15(5-8-20(21)31-2)22(28)26-11-4-10-24-18-9-12-25-19-14-16(23)6-7-17(18)19/h5-9,12-14,27H,3-4,10-11H2,1-2H3,(H,24,25)(H,26,28). The van der Waals surface area contributed by atoms with Crippen molar-refractivity contribution < 1.29 is 17.9 Å². The second kappa shape index (κ2) is 10.6. The maximum absolute atomic E-state index is 12.5. The Labute approximate surface area is 192 Å². The number of nitrogens with one attached hydrogen (secondary N) is 3. The van der Waals surface area contributed by atoms with Crippen LogP contribution < -0.4 is 20.1 Å². The number of pyridine rings is 1. The molecule has 3 rings (SSSR count). The number of methoxy groups -OCH3 is 1. The molecule has 0 atom stereocenters. The number of benzene rings is 2. The number of hydrogen-bond donors (Lipinski definition) is 3. The average Bonchev–Trinajstić information content (AvgIpc) is 2.78. The van der Waals surface area contributed by atoms with Gasteiger partial charge in [-0.2, -0.15) is 0 Å². The van der Waals surface area contributed by atoms with Gasteiger partial charge in [0.15, 0.2) is 0 Å². The lowest BCUT2D eigenvalue weighted by molar-refractivity contribution is 0.0953. The molecule has 170 valence electrons. The number of nitrogens with zero attached hydrogens (tertiary/aromatic N) is 1. The number of anilines is 1. The lowest BCUT2D eigenvalue weighted by Gasteiger charge is -2.12. The zero-order chi connectivity index (χ0) is 23.1. The van der Waals surface area contributed by atoms with E-state index in [9.17, 15) is 13.2 Å². The Morgan fingerprint density at radius 1 is 1.12 bits per heavy atom. The van der Waals surface area contributed by atoms with Crippen molar-refractivity contribution in [1.82, 2.24) is 15.0 Å². The minimum atomic E-state index is -3.77. The minimum Gasteiger partial charge on any atom is -0.495 e. The molecular formula is C22H25ClN4O4S. The van der Waals surface area contributed by atoms with Gasteiger partial charge < -0.3 is 15.4 Å². The third-order valence-electron chi connectivity index (χ3n) is 4.71. The highest BCUT2D eigenvalue weighted by molar-refractivity contribution is 7.89. The molecule has 1 heterocycles. The molecular weight excluding hydrogens is 452 g/mol. The Balaban J connectivity index is 1.58. The molecule has 0 fully saturated rings. The van der Waals surface area contributed by atoms with Crippen molar-refractivity contribution in [2.24, 2.45) is 0 Å². The van der Waals surface area contributed by atoms with Crippen LogP contribution in [0.3, 0.4) is 0 Å².